The van der Waals surface area contributed by atoms with Crippen LogP contribution in [0.4, 0.5) is 0 Å². The molecule has 0 spiro atoms. The van der Waals surface area contributed by atoms with Crippen molar-refractivity contribution in [2.75, 3.05) is 0 Å². The van der Waals surface area contributed by atoms with Gasteiger partial charge in [-0.3, -0.25) is 0 Å². The highest BCUT2D eigenvalue weighted by Gasteiger charge is 1.98. The second-order valence-electron chi connectivity index (χ2n) is 18.3. The first-order valence-electron chi connectivity index (χ1n) is 26.8. The molecular formula is C54H112. The molecule has 0 atom stereocenters. The SMILES string of the molecule is CCCCCCCCCCCCCCCCCCCCCCCCCC.CCCCCCCCCCCCCCCCCCCCCCCCCCCC. The molecule has 0 N–H and O–H groups in total. The van der Waals surface area contributed by atoms with Crippen LogP contribution in [0.5, 0.6) is 0 Å². The molecule has 328 valence electrons. The Bertz CT molecular complexity index is 514. The Morgan fingerprint density at radius 3 is 0.204 bits per heavy atom. The van der Waals surface area contributed by atoms with Crippen molar-refractivity contribution in [1.82, 2.24) is 0 Å². The summed E-state index contributed by atoms with van der Waals surface area (Å²) in [6, 6.07) is 0. The number of rotatable bonds is 48. The van der Waals surface area contributed by atoms with E-state index in [0.717, 1.165) is 0 Å². The lowest BCUT2D eigenvalue weighted by atomic mass is 10.0. The van der Waals surface area contributed by atoms with Crippen molar-refractivity contribution in [3.63, 3.8) is 0 Å². The van der Waals surface area contributed by atoms with E-state index in [0.29, 0.717) is 0 Å². The average Bonchev–Trinajstić information content (AvgIpc) is 3.18. The Morgan fingerprint density at radius 1 is 0.0926 bits per heavy atom. The summed E-state index contributed by atoms with van der Waals surface area (Å²) >= 11 is 0. The molecule has 0 saturated heterocycles. The summed E-state index contributed by atoms with van der Waals surface area (Å²) in [4.78, 5) is 0. The first kappa shape index (κ1) is 56.1. The minimum absolute atomic E-state index is 1.37. The molecule has 0 heterocycles. The van der Waals surface area contributed by atoms with Gasteiger partial charge in [0.25, 0.3) is 0 Å². The van der Waals surface area contributed by atoms with Crippen LogP contribution in [0, 0.1) is 0 Å². The van der Waals surface area contributed by atoms with Crippen molar-refractivity contribution in [3.8, 4) is 0 Å². The maximum atomic E-state index is 2.30. The summed E-state index contributed by atoms with van der Waals surface area (Å²) < 4.78 is 0. The van der Waals surface area contributed by atoms with Crippen LogP contribution in [0.15, 0.2) is 0 Å². The standard InChI is InChI=1S/C28H58.C26H54/c1-3-5-7-9-11-13-15-17-19-21-23-25-27-28-26-24-22-20-18-16-14-12-10-8-6-4-2;1-3-5-7-9-11-13-15-17-19-21-23-25-26-24-22-20-18-16-14-12-10-8-6-4-2/h3-28H2,1-2H3;3-26H2,1-2H3. The predicted molar refractivity (Wildman–Crippen MR) is 254 cm³/mol. The van der Waals surface area contributed by atoms with E-state index in [9.17, 15) is 0 Å². The summed E-state index contributed by atoms with van der Waals surface area (Å²) in [5.74, 6) is 0. The molecule has 0 radical (unpaired) electrons. The Labute approximate surface area is 347 Å². The second-order valence-corrected chi connectivity index (χ2v) is 18.3. The van der Waals surface area contributed by atoms with Crippen molar-refractivity contribution in [3.05, 3.63) is 0 Å². The summed E-state index contributed by atoms with van der Waals surface area (Å²) in [7, 11) is 0. The van der Waals surface area contributed by atoms with Crippen LogP contribution in [-0.4, -0.2) is 0 Å². The Balaban J connectivity index is 0. The highest BCUT2D eigenvalue weighted by molar-refractivity contribution is 4.53. The summed E-state index contributed by atoms with van der Waals surface area (Å²) in [6.45, 7) is 9.21. The van der Waals surface area contributed by atoms with Gasteiger partial charge in [0.05, 0.1) is 0 Å². The zero-order valence-electron chi connectivity index (χ0n) is 39.4. The van der Waals surface area contributed by atoms with Crippen molar-refractivity contribution in [1.29, 1.82) is 0 Å². The molecular weight excluding hydrogens is 649 g/mol. The third-order valence-corrected chi connectivity index (χ3v) is 12.4. The lowest BCUT2D eigenvalue weighted by Crippen LogP contribution is -1.84. The molecule has 0 saturated carbocycles. The lowest BCUT2D eigenvalue weighted by molar-refractivity contribution is 0.516. The zero-order valence-corrected chi connectivity index (χ0v) is 39.4. The molecule has 0 aliphatic heterocycles. The van der Waals surface area contributed by atoms with E-state index >= 15 is 0 Å². The van der Waals surface area contributed by atoms with Gasteiger partial charge in [-0.25, -0.2) is 0 Å². The second kappa shape index (κ2) is 57.3. The molecule has 0 bridgehead atoms. The fourth-order valence-electron chi connectivity index (χ4n) is 8.42. The van der Waals surface area contributed by atoms with Crippen LogP contribution < -0.4 is 0 Å². The molecule has 0 fully saturated rings. The van der Waals surface area contributed by atoms with Crippen molar-refractivity contribution >= 4 is 0 Å². The molecule has 0 amide bonds. The fraction of sp³-hybridized carbons (Fsp3) is 1.00. The smallest absolute Gasteiger partial charge is 0.0533 e. The molecule has 0 aromatic carbocycles. The molecule has 54 heavy (non-hydrogen) atoms. The number of unbranched alkanes of at least 4 members (excludes halogenated alkanes) is 48. The molecule has 0 unspecified atom stereocenters. The van der Waals surface area contributed by atoms with Crippen LogP contribution in [-0.2, 0) is 0 Å². The van der Waals surface area contributed by atoms with E-state index in [1.54, 1.807) is 0 Å². The first-order valence-corrected chi connectivity index (χ1v) is 26.8. The van der Waals surface area contributed by atoms with E-state index in [1.807, 2.05) is 0 Å². The zero-order chi connectivity index (χ0) is 39.4. The van der Waals surface area contributed by atoms with Gasteiger partial charge in [-0.05, 0) is 0 Å². The monoisotopic (exact) mass is 761 g/mol. The van der Waals surface area contributed by atoms with Gasteiger partial charge in [-0.15, -0.1) is 0 Å². The van der Waals surface area contributed by atoms with Gasteiger partial charge < -0.3 is 0 Å². The molecule has 0 nitrogen and oxygen atoms in total. The van der Waals surface area contributed by atoms with E-state index in [-0.39, 0.29) is 0 Å². The highest BCUT2D eigenvalue weighted by Crippen LogP contribution is 2.18. The number of hydrogen-bond donors (Lipinski definition) is 0. The van der Waals surface area contributed by atoms with E-state index in [4.69, 9.17) is 0 Å². The van der Waals surface area contributed by atoms with Gasteiger partial charge in [0, 0.05) is 0 Å². The summed E-state index contributed by atoms with van der Waals surface area (Å²) in [5, 5.41) is 0. The van der Waals surface area contributed by atoms with Gasteiger partial charge in [0.15, 0.2) is 0 Å². The fourth-order valence-corrected chi connectivity index (χ4v) is 8.42. The Morgan fingerprint density at radius 2 is 0.148 bits per heavy atom. The number of hydrogen-bond acceptors (Lipinski definition) is 0. The Hall–Kier alpha value is 0. The van der Waals surface area contributed by atoms with Crippen LogP contribution in [0.3, 0.4) is 0 Å². The average molecular weight is 761 g/mol. The highest BCUT2D eigenvalue weighted by atomic mass is 14.0. The van der Waals surface area contributed by atoms with Crippen LogP contribution in [0.1, 0.15) is 349 Å². The topological polar surface area (TPSA) is 0 Å². The van der Waals surface area contributed by atoms with Crippen molar-refractivity contribution < 1.29 is 0 Å². The van der Waals surface area contributed by atoms with E-state index < -0.39 is 0 Å². The lowest BCUT2D eigenvalue weighted by Gasteiger charge is -2.04. The van der Waals surface area contributed by atoms with Crippen molar-refractivity contribution in [2.45, 2.75) is 349 Å². The van der Waals surface area contributed by atoms with E-state index in [2.05, 4.69) is 27.7 Å². The van der Waals surface area contributed by atoms with Crippen LogP contribution in [0.25, 0.3) is 0 Å². The summed E-state index contributed by atoms with van der Waals surface area (Å²) in [5.41, 5.74) is 0. The molecule has 0 aliphatic rings. The minimum Gasteiger partial charge on any atom is -0.0654 e. The van der Waals surface area contributed by atoms with Crippen molar-refractivity contribution in [2.24, 2.45) is 0 Å². The summed E-state index contributed by atoms with van der Waals surface area (Å²) in [6.07, 6.45) is 73.8. The third-order valence-electron chi connectivity index (χ3n) is 12.4. The quantitative estimate of drug-likeness (QED) is 0.0542. The third kappa shape index (κ3) is 58.7. The largest absolute Gasteiger partial charge is 0.0654 e. The van der Waals surface area contributed by atoms with Gasteiger partial charge in [-0.2, -0.15) is 0 Å². The molecule has 0 aromatic heterocycles. The molecule has 0 aliphatic carbocycles. The Kier molecular flexibility index (Phi) is 59.6. The van der Waals surface area contributed by atoms with Gasteiger partial charge in [0.2, 0.25) is 0 Å². The van der Waals surface area contributed by atoms with Gasteiger partial charge in [-0.1, -0.05) is 349 Å². The normalized spacial score (nSPS) is 11.3. The van der Waals surface area contributed by atoms with Gasteiger partial charge >= 0.3 is 0 Å². The predicted octanol–water partition coefficient (Wildman–Crippen LogP) is 21.6. The molecule has 0 rings (SSSR count). The van der Waals surface area contributed by atoms with Gasteiger partial charge in [0.1, 0.15) is 0 Å². The maximum Gasteiger partial charge on any atom is -0.0533 e. The maximum absolute atomic E-state index is 2.30. The van der Waals surface area contributed by atoms with E-state index in [1.165, 1.54) is 321 Å². The van der Waals surface area contributed by atoms with Crippen LogP contribution >= 0.6 is 0 Å². The van der Waals surface area contributed by atoms with Crippen LogP contribution in [0.2, 0.25) is 0 Å². The molecule has 0 aromatic rings. The molecule has 0 heteroatoms. The minimum atomic E-state index is 1.37. The first-order chi connectivity index (χ1) is 26.8.